The average molecular weight is 471 g/mol. The van der Waals surface area contributed by atoms with Gasteiger partial charge in [-0.2, -0.15) is 13.2 Å². The lowest BCUT2D eigenvalue weighted by Crippen LogP contribution is -2.56. The quantitative estimate of drug-likeness (QED) is 0.449. The van der Waals surface area contributed by atoms with E-state index in [1.165, 1.54) is 0 Å². The van der Waals surface area contributed by atoms with Crippen LogP contribution in [-0.4, -0.2) is 68.4 Å². The number of carbonyl (C=O) groups excluding carboxylic acids is 2. The molecule has 0 unspecified atom stereocenters. The highest BCUT2D eigenvalue weighted by atomic mass is 32.2. The number of aromatic nitrogens is 1. The van der Waals surface area contributed by atoms with Crippen molar-refractivity contribution >= 4 is 27.2 Å². The molecule has 14 heteroatoms. The summed E-state index contributed by atoms with van der Waals surface area (Å²) in [7, 11) is -3.43. The Morgan fingerprint density at radius 1 is 1.19 bits per heavy atom. The number of primary amides is 1. The number of pyridine rings is 1. The monoisotopic (exact) mass is 471 g/mol. The number of hydrogen-bond donors (Lipinski definition) is 1. The molecule has 0 radical (unpaired) electrons. The van der Waals surface area contributed by atoms with Crippen LogP contribution in [0.4, 0.5) is 27.6 Å². The molecule has 172 valence electrons. The van der Waals surface area contributed by atoms with E-state index in [9.17, 15) is 40.0 Å². The molecule has 8 nitrogen and oxygen atoms in total. The van der Waals surface area contributed by atoms with E-state index in [2.05, 4.69) is 4.98 Å². The van der Waals surface area contributed by atoms with Crippen molar-refractivity contribution in [2.24, 2.45) is 11.1 Å². The number of sulfone groups is 1. The number of nitrogens with two attached hydrogens (primary N) is 1. The zero-order valence-corrected chi connectivity index (χ0v) is 16.7. The van der Waals surface area contributed by atoms with Crippen molar-refractivity contribution in [3.05, 3.63) is 18.0 Å². The van der Waals surface area contributed by atoms with Gasteiger partial charge in [0.15, 0.2) is 22.2 Å². The second-order valence-corrected chi connectivity index (χ2v) is 9.99. The number of carbonyl (C=O) groups is 2. The third-order valence-electron chi connectivity index (χ3n) is 4.85. The van der Waals surface area contributed by atoms with Crippen LogP contribution in [-0.2, 0) is 14.6 Å². The first kappa shape index (κ1) is 23.2. The van der Waals surface area contributed by atoms with Gasteiger partial charge in [0.25, 0.3) is 5.92 Å². The van der Waals surface area contributed by atoms with Crippen molar-refractivity contribution in [3.8, 4) is 5.75 Å². The Morgan fingerprint density at radius 2 is 1.81 bits per heavy atom. The summed E-state index contributed by atoms with van der Waals surface area (Å²) in [5.41, 5.74) is 3.44. The maximum absolute atomic E-state index is 13.2. The Balaban J connectivity index is 1.83. The zero-order chi connectivity index (χ0) is 23.2. The number of halogens is 5. The second kappa shape index (κ2) is 7.57. The number of Topliss-reactive ketones (excluding diaryl/α,β-unsaturated/α-hetero) is 1. The van der Waals surface area contributed by atoms with Crippen LogP contribution in [0.25, 0.3) is 0 Å². The Bertz CT molecular complexity index is 992. The molecule has 1 aromatic heterocycles. The van der Waals surface area contributed by atoms with E-state index < -0.39 is 82.4 Å². The highest BCUT2D eigenvalue weighted by Crippen LogP contribution is 2.42. The first-order chi connectivity index (χ1) is 14.1. The number of amides is 1. The van der Waals surface area contributed by atoms with Crippen molar-refractivity contribution in [1.82, 2.24) is 4.98 Å². The van der Waals surface area contributed by atoms with Crippen molar-refractivity contribution in [2.75, 3.05) is 36.1 Å². The third kappa shape index (κ3) is 5.60. The van der Waals surface area contributed by atoms with Crippen molar-refractivity contribution in [3.63, 3.8) is 0 Å². The van der Waals surface area contributed by atoms with Crippen LogP contribution in [0, 0.1) is 5.41 Å². The summed E-state index contributed by atoms with van der Waals surface area (Å²) in [4.78, 5) is 28.8. The summed E-state index contributed by atoms with van der Waals surface area (Å²) < 4.78 is 91.9. The van der Waals surface area contributed by atoms with Crippen LogP contribution in [0.5, 0.6) is 5.75 Å². The van der Waals surface area contributed by atoms with E-state index >= 15 is 0 Å². The molecular formula is C17H18F5N3O5S. The van der Waals surface area contributed by atoms with E-state index in [-0.39, 0.29) is 17.8 Å². The molecule has 3 rings (SSSR count). The molecule has 0 spiro atoms. The largest absolute Gasteiger partial charge is 0.482 e. The Morgan fingerprint density at radius 3 is 2.29 bits per heavy atom. The molecule has 0 saturated carbocycles. The summed E-state index contributed by atoms with van der Waals surface area (Å²) >= 11 is 0. The standard InChI is InChI=1S/C17H18F5N3O5S/c18-16(19)5-25(6-16)11-4-24-10(1-13(11)30-7-17(20,21)22)12(26)2-15(3-14(23)27)8-31(28,29)9-15/h1,4H,2-3,5-9H2,(H2,23,27). The van der Waals surface area contributed by atoms with Crippen LogP contribution < -0.4 is 15.4 Å². The number of hydrogen-bond acceptors (Lipinski definition) is 7. The lowest BCUT2D eigenvalue weighted by Gasteiger charge is -2.41. The van der Waals surface area contributed by atoms with E-state index in [0.717, 1.165) is 17.2 Å². The van der Waals surface area contributed by atoms with Gasteiger partial charge in [0.2, 0.25) is 5.91 Å². The number of ketones is 1. The van der Waals surface area contributed by atoms with Gasteiger partial charge in [-0.05, 0) is 0 Å². The lowest BCUT2D eigenvalue weighted by molar-refractivity contribution is -0.153. The highest BCUT2D eigenvalue weighted by Gasteiger charge is 2.51. The van der Waals surface area contributed by atoms with Crippen LogP contribution in [0.2, 0.25) is 0 Å². The van der Waals surface area contributed by atoms with Gasteiger partial charge < -0.3 is 15.4 Å². The smallest absolute Gasteiger partial charge is 0.422 e. The number of rotatable bonds is 8. The molecular weight excluding hydrogens is 453 g/mol. The molecule has 31 heavy (non-hydrogen) atoms. The summed E-state index contributed by atoms with van der Waals surface area (Å²) in [5, 5.41) is 0. The molecule has 0 bridgehead atoms. The fraction of sp³-hybridized carbons (Fsp3) is 0.588. The molecule has 0 atom stereocenters. The fourth-order valence-corrected chi connectivity index (χ4v) is 5.93. The maximum Gasteiger partial charge on any atom is 0.422 e. The van der Waals surface area contributed by atoms with E-state index in [4.69, 9.17) is 10.5 Å². The second-order valence-electron chi connectivity index (χ2n) is 7.93. The molecule has 0 aliphatic carbocycles. The lowest BCUT2D eigenvalue weighted by atomic mass is 9.81. The topological polar surface area (TPSA) is 120 Å². The first-order valence-corrected chi connectivity index (χ1v) is 10.8. The normalized spacial score (nSPS) is 21.0. The minimum absolute atomic E-state index is 0.134. The molecule has 3 heterocycles. The van der Waals surface area contributed by atoms with E-state index in [1.54, 1.807) is 0 Å². The van der Waals surface area contributed by atoms with Crippen molar-refractivity contribution in [2.45, 2.75) is 24.9 Å². The molecule has 0 aromatic carbocycles. The molecule has 1 aromatic rings. The van der Waals surface area contributed by atoms with Gasteiger partial charge in [0.05, 0.1) is 36.5 Å². The predicted molar refractivity (Wildman–Crippen MR) is 96.8 cm³/mol. The van der Waals surface area contributed by atoms with E-state index in [0.29, 0.717) is 0 Å². The van der Waals surface area contributed by atoms with Crippen LogP contribution in [0.3, 0.4) is 0 Å². The molecule has 2 aliphatic rings. The Labute approximate surface area is 173 Å². The summed E-state index contributed by atoms with van der Waals surface area (Å²) in [6.45, 7) is -3.21. The van der Waals surface area contributed by atoms with Gasteiger partial charge in [-0.15, -0.1) is 0 Å². The Hall–Kier alpha value is -2.51. The van der Waals surface area contributed by atoms with Gasteiger partial charge in [-0.3, -0.25) is 14.6 Å². The summed E-state index contributed by atoms with van der Waals surface area (Å²) in [6, 6.07) is 0.894. The van der Waals surface area contributed by atoms with Gasteiger partial charge in [0.1, 0.15) is 11.4 Å². The minimum atomic E-state index is -4.71. The maximum atomic E-state index is 13.2. The highest BCUT2D eigenvalue weighted by molar-refractivity contribution is 7.92. The van der Waals surface area contributed by atoms with Crippen LogP contribution in [0.15, 0.2) is 12.3 Å². The third-order valence-corrected chi connectivity index (χ3v) is 6.95. The number of nitrogens with zero attached hydrogens (tertiary/aromatic N) is 2. The van der Waals surface area contributed by atoms with Gasteiger partial charge in [-0.25, -0.2) is 17.2 Å². The Kier molecular flexibility index (Phi) is 5.65. The molecule has 1 amide bonds. The van der Waals surface area contributed by atoms with Gasteiger partial charge in [0, 0.05) is 24.3 Å². The minimum Gasteiger partial charge on any atom is -0.482 e. The summed E-state index contributed by atoms with van der Waals surface area (Å²) in [6.07, 6.45) is -4.56. The van der Waals surface area contributed by atoms with Crippen LogP contribution >= 0.6 is 0 Å². The number of ether oxygens (including phenoxy) is 1. The van der Waals surface area contributed by atoms with Crippen molar-refractivity contribution < 1.29 is 44.7 Å². The van der Waals surface area contributed by atoms with E-state index in [1.807, 2.05) is 0 Å². The predicted octanol–water partition coefficient (Wildman–Crippen LogP) is 1.34. The van der Waals surface area contributed by atoms with Gasteiger partial charge >= 0.3 is 6.18 Å². The molecule has 2 aliphatic heterocycles. The molecule has 2 fully saturated rings. The first-order valence-electron chi connectivity index (χ1n) is 8.93. The van der Waals surface area contributed by atoms with Crippen LogP contribution in [0.1, 0.15) is 23.3 Å². The molecule has 2 N–H and O–H groups in total. The van der Waals surface area contributed by atoms with Crippen molar-refractivity contribution in [1.29, 1.82) is 0 Å². The zero-order valence-electron chi connectivity index (χ0n) is 15.9. The summed E-state index contributed by atoms with van der Waals surface area (Å²) in [5.74, 6) is -5.89. The average Bonchev–Trinajstić information content (AvgIpc) is 2.54. The van der Waals surface area contributed by atoms with Gasteiger partial charge in [-0.1, -0.05) is 0 Å². The SMILES string of the molecule is NC(=O)CC1(CC(=O)c2cc(OCC(F)(F)F)c(N3CC(F)(F)C3)cn2)CS(=O)(=O)C1. The number of alkyl halides is 5. The number of anilines is 1. The fourth-order valence-electron chi connectivity index (χ4n) is 3.74. The molecule has 2 saturated heterocycles.